The molecule has 0 aromatic heterocycles. The van der Waals surface area contributed by atoms with Crippen LogP contribution in [0.3, 0.4) is 0 Å². The molecule has 0 spiro atoms. The van der Waals surface area contributed by atoms with Gasteiger partial charge < -0.3 is 9.80 Å². The zero-order valence-corrected chi connectivity index (χ0v) is 10.8. The van der Waals surface area contributed by atoms with Crippen molar-refractivity contribution in [1.29, 1.82) is 0 Å². The Morgan fingerprint density at radius 2 is 1.87 bits per heavy atom. The Morgan fingerprint density at radius 3 is 2.33 bits per heavy atom. The molecular weight excluding hydrogens is 184 g/mol. The first kappa shape index (κ1) is 11.4. The van der Waals surface area contributed by atoms with Gasteiger partial charge in [-0.25, -0.2) is 0 Å². The van der Waals surface area contributed by atoms with Crippen LogP contribution in [0.1, 0.15) is 33.1 Å². The number of rotatable bonds is 3. The van der Waals surface area contributed by atoms with Gasteiger partial charge in [-0.05, 0) is 57.8 Å². The topological polar surface area (TPSA) is 6.48 Å². The average Bonchev–Trinajstić information content (AvgIpc) is 2.89. The van der Waals surface area contributed by atoms with E-state index in [2.05, 4.69) is 37.7 Å². The Morgan fingerprint density at radius 1 is 1.33 bits per heavy atom. The molecule has 15 heavy (non-hydrogen) atoms. The Balaban J connectivity index is 1.82. The average molecular weight is 210 g/mol. The van der Waals surface area contributed by atoms with E-state index in [4.69, 9.17) is 0 Å². The molecule has 2 rings (SSSR count). The minimum absolute atomic E-state index is 0.573. The van der Waals surface area contributed by atoms with Crippen LogP contribution in [-0.2, 0) is 0 Å². The summed E-state index contributed by atoms with van der Waals surface area (Å²) in [5.41, 5.74) is 0.573. The molecule has 1 heterocycles. The molecule has 0 bridgehead atoms. The van der Waals surface area contributed by atoms with Gasteiger partial charge in [-0.2, -0.15) is 0 Å². The van der Waals surface area contributed by atoms with E-state index in [1.165, 1.54) is 38.9 Å². The molecule has 0 aromatic carbocycles. The van der Waals surface area contributed by atoms with Crippen LogP contribution in [0, 0.1) is 11.3 Å². The highest BCUT2D eigenvalue weighted by molar-refractivity contribution is 4.93. The summed E-state index contributed by atoms with van der Waals surface area (Å²) in [6, 6.07) is 0.890. The van der Waals surface area contributed by atoms with Gasteiger partial charge in [-0.15, -0.1) is 0 Å². The van der Waals surface area contributed by atoms with Crippen molar-refractivity contribution in [2.24, 2.45) is 11.3 Å². The van der Waals surface area contributed by atoms with Crippen molar-refractivity contribution < 1.29 is 0 Å². The molecule has 1 aliphatic heterocycles. The van der Waals surface area contributed by atoms with Crippen LogP contribution < -0.4 is 0 Å². The lowest BCUT2D eigenvalue weighted by Gasteiger charge is -2.40. The molecule has 0 aromatic rings. The zero-order chi connectivity index (χ0) is 11.1. The maximum atomic E-state index is 2.61. The van der Waals surface area contributed by atoms with Gasteiger partial charge in [-0.1, -0.05) is 13.8 Å². The number of likely N-dealkylation sites (tertiary alicyclic amines) is 1. The predicted octanol–water partition coefficient (Wildman–Crippen LogP) is 2.06. The Labute approximate surface area is 94.6 Å². The van der Waals surface area contributed by atoms with E-state index in [-0.39, 0.29) is 0 Å². The standard InChI is InChI=1S/C13H26N2/c1-11-9-12(11)15(4)10-13(2)5-7-14(3)8-6-13/h11-12H,5-10H2,1-4H3. The predicted molar refractivity (Wildman–Crippen MR) is 65.0 cm³/mol. The largest absolute Gasteiger partial charge is 0.306 e. The van der Waals surface area contributed by atoms with Crippen molar-refractivity contribution in [2.75, 3.05) is 33.7 Å². The summed E-state index contributed by atoms with van der Waals surface area (Å²) in [5, 5.41) is 0. The Kier molecular flexibility index (Phi) is 3.09. The van der Waals surface area contributed by atoms with Crippen molar-refractivity contribution in [3.05, 3.63) is 0 Å². The zero-order valence-electron chi connectivity index (χ0n) is 10.8. The summed E-state index contributed by atoms with van der Waals surface area (Å²) in [6.45, 7) is 8.71. The third-order valence-electron chi connectivity index (χ3n) is 4.46. The van der Waals surface area contributed by atoms with Gasteiger partial charge in [0.05, 0.1) is 0 Å². The summed E-state index contributed by atoms with van der Waals surface area (Å²) < 4.78 is 0. The second-order valence-corrected chi connectivity index (χ2v) is 6.31. The monoisotopic (exact) mass is 210 g/mol. The van der Waals surface area contributed by atoms with Crippen molar-refractivity contribution in [2.45, 2.75) is 39.2 Å². The van der Waals surface area contributed by atoms with E-state index < -0.39 is 0 Å². The second kappa shape index (κ2) is 4.06. The lowest BCUT2D eigenvalue weighted by Crippen LogP contribution is -2.43. The summed E-state index contributed by atoms with van der Waals surface area (Å²) in [4.78, 5) is 5.07. The molecule has 2 fully saturated rings. The molecule has 1 saturated heterocycles. The fourth-order valence-corrected chi connectivity index (χ4v) is 2.95. The molecule has 1 aliphatic carbocycles. The minimum atomic E-state index is 0.573. The molecule has 0 amide bonds. The van der Waals surface area contributed by atoms with E-state index in [1.54, 1.807) is 0 Å². The highest BCUT2D eigenvalue weighted by atomic mass is 15.2. The van der Waals surface area contributed by atoms with Crippen molar-refractivity contribution in [3.8, 4) is 0 Å². The first-order valence-electron chi connectivity index (χ1n) is 6.39. The lowest BCUT2D eigenvalue weighted by atomic mass is 9.80. The molecule has 2 aliphatic rings. The van der Waals surface area contributed by atoms with Gasteiger partial charge in [0.1, 0.15) is 0 Å². The second-order valence-electron chi connectivity index (χ2n) is 6.31. The highest BCUT2D eigenvalue weighted by Crippen LogP contribution is 2.38. The smallest absolute Gasteiger partial charge is 0.0122 e. The summed E-state index contributed by atoms with van der Waals surface area (Å²) in [6.07, 6.45) is 4.16. The molecule has 0 radical (unpaired) electrons. The minimum Gasteiger partial charge on any atom is -0.306 e. The van der Waals surface area contributed by atoms with Crippen LogP contribution in [0.15, 0.2) is 0 Å². The summed E-state index contributed by atoms with van der Waals surface area (Å²) in [7, 11) is 4.56. The fraction of sp³-hybridized carbons (Fsp3) is 1.00. The molecule has 2 unspecified atom stereocenters. The van der Waals surface area contributed by atoms with Crippen LogP contribution >= 0.6 is 0 Å². The van der Waals surface area contributed by atoms with Crippen molar-refractivity contribution in [1.82, 2.24) is 9.80 Å². The van der Waals surface area contributed by atoms with Gasteiger partial charge >= 0.3 is 0 Å². The Hall–Kier alpha value is -0.0800. The Bertz CT molecular complexity index is 219. The quantitative estimate of drug-likeness (QED) is 0.703. The van der Waals surface area contributed by atoms with Gasteiger partial charge in [0.2, 0.25) is 0 Å². The third-order valence-corrected chi connectivity index (χ3v) is 4.46. The summed E-state index contributed by atoms with van der Waals surface area (Å²) >= 11 is 0. The van der Waals surface area contributed by atoms with Crippen LogP contribution in [0.4, 0.5) is 0 Å². The summed E-state index contributed by atoms with van der Waals surface area (Å²) in [5.74, 6) is 0.949. The van der Waals surface area contributed by atoms with E-state index in [0.717, 1.165) is 12.0 Å². The SMILES string of the molecule is CC1CC1N(C)CC1(C)CCN(C)CC1. The first-order chi connectivity index (χ1) is 7.00. The maximum Gasteiger partial charge on any atom is 0.0122 e. The number of piperidine rings is 1. The van der Waals surface area contributed by atoms with Gasteiger partial charge in [0, 0.05) is 12.6 Å². The van der Waals surface area contributed by atoms with Crippen LogP contribution in [0.25, 0.3) is 0 Å². The molecule has 1 saturated carbocycles. The van der Waals surface area contributed by atoms with Crippen LogP contribution in [-0.4, -0.2) is 49.6 Å². The number of nitrogens with zero attached hydrogens (tertiary/aromatic N) is 2. The van der Waals surface area contributed by atoms with Crippen molar-refractivity contribution >= 4 is 0 Å². The van der Waals surface area contributed by atoms with Gasteiger partial charge in [0.25, 0.3) is 0 Å². The molecule has 2 heteroatoms. The van der Waals surface area contributed by atoms with Crippen molar-refractivity contribution in [3.63, 3.8) is 0 Å². The first-order valence-corrected chi connectivity index (χ1v) is 6.39. The van der Waals surface area contributed by atoms with Gasteiger partial charge in [-0.3, -0.25) is 0 Å². The fourth-order valence-electron chi connectivity index (χ4n) is 2.95. The maximum absolute atomic E-state index is 2.61. The molecule has 2 atom stereocenters. The van der Waals surface area contributed by atoms with E-state index in [9.17, 15) is 0 Å². The van der Waals surface area contributed by atoms with Gasteiger partial charge in [0.15, 0.2) is 0 Å². The van der Waals surface area contributed by atoms with E-state index in [1.807, 2.05) is 0 Å². The number of hydrogen-bond donors (Lipinski definition) is 0. The van der Waals surface area contributed by atoms with E-state index >= 15 is 0 Å². The third kappa shape index (κ3) is 2.73. The molecule has 2 nitrogen and oxygen atoms in total. The number of hydrogen-bond acceptors (Lipinski definition) is 2. The molecular formula is C13H26N2. The van der Waals surface area contributed by atoms with Crippen LogP contribution in [0.5, 0.6) is 0 Å². The van der Waals surface area contributed by atoms with E-state index in [0.29, 0.717) is 5.41 Å². The lowest BCUT2D eigenvalue weighted by molar-refractivity contribution is 0.0931. The highest BCUT2D eigenvalue weighted by Gasteiger charge is 2.39. The normalized spacial score (nSPS) is 35.8. The molecule has 0 N–H and O–H groups in total. The molecule has 88 valence electrons. The van der Waals surface area contributed by atoms with Crippen LogP contribution in [0.2, 0.25) is 0 Å².